The van der Waals surface area contributed by atoms with Gasteiger partial charge in [0.2, 0.25) is 47.2 Å². The molecule has 34 heteroatoms. The molecule has 2 saturated heterocycles. The number of thioether (sulfide) groups is 3. The maximum atomic E-state index is 13.2. The Morgan fingerprint density at radius 3 is 1.19 bits per heavy atom. The minimum absolute atomic E-state index is 0.0911. The molecular weight excluding hydrogens is 1630 g/mol. The lowest BCUT2D eigenvalue weighted by molar-refractivity contribution is -0.122. The number of hydrogen-bond acceptors (Lipinski definition) is 25. The number of nitrogens with one attached hydrogen (secondary N) is 7. The van der Waals surface area contributed by atoms with E-state index >= 15 is 0 Å². The van der Waals surface area contributed by atoms with Crippen LogP contribution >= 0.6 is 69.3 Å². The maximum Gasteiger partial charge on any atom is 0.257 e. The number of nitrogens with zero attached hydrogens (tertiary/aromatic N) is 9. The number of hydrogen-bond donors (Lipinski definition) is 7. The van der Waals surface area contributed by atoms with E-state index in [4.69, 9.17) is 13.3 Å². The van der Waals surface area contributed by atoms with Gasteiger partial charge >= 0.3 is 0 Å². The van der Waals surface area contributed by atoms with E-state index in [-0.39, 0.29) is 81.2 Å². The fraction of sp³-hybridized carbons (Fsp3) is 0.329. The predicted octanol–water partition coefficient (Wildman–Crippen LogP) is 17.0. The maximum absolute atomic E-state index is 13.2. The largest absolute Gasteiger partial charge is 0.444 e. The summed E-state index contributed by atoms with van der Waals surface area (Å²) in [7, 11) is 3.85. The molecule has 9 amide bonds. The SMILES string of the molecule is C=CC(=O)Nc1ccc(C(=O)N2CCCC(C(=O)Nc3ncc(SCc4ncc(C(C)(C)C)o4)s3)C2)cc1.C=CC(=O)Nc1ccc(C(=O)Nc2cccc(C(=O)Nc3ncc(SCc4ncc(C(C)(C)C)o4)s3)c2)cc1.CN(C)C/C=C/C(=O)Nc1ccc(C(=O)N2CCCC(C(=O)Nc3ncc(SCc4ncc(C(C)(C)C)o4)s3)C2)cc1. The summed E-state index contributed by atoms with van der Waals surface area (Å²) in [5.74, 6) is 3.42. The molecule has 2 unspecified atom stereocenters. The van der Waals surface area contributed by atoms with Crippen LogP contribution < -0.4 is 37.2 Å². The number of piperidine rings is 2. The molecule has 7 N–H and O–H groups in total. The molecule has 0 bridgehead atoms. The molecule has 2 fully saturated rings. The Morgan fingerprint density at radius 2 is 0.824 bits per heavy atom. The van der Waals surface area contributed by atoms with Crippen molar-refractivity contribution in [2.75, 3.05) is 84.0 Å². The van der Waals surface area contributed by atoms with E-state index in [1.165, 1.54) is 64.0 Å². The van der Waals surface area contributed by atoms with Crippen molar-refractivity contribution in [3.05, 3.63) is 229 Å². The number of thiazole rings is 3. The van der Waals surface area contributed by atoms with Crippen LogP contribution in [0.15, 0.2) is 198 Å². The van der Waals surface area contributed by atoms with Gasteiger partial charge in [0.15, 0.2) is 15.4 Å². The van der Waals surface area contributed by atoms with Crippen molar-refractivity contribution < 1.29 is 56.4 Å². The summed E-state index contributed by atoms with van der Waals surface area (Å²) in [5.41, 5.74) is 3.70. The number of carbonyl (C=O) groups excluding carboxylic acids is 9. The summed E-state index contributed by atoms with van der Waals surface area (Å²) < 4.78 is 20.3. The van der Waals surface area contributed by atoms with Crippen LogP contribution in [0, 0.1) is 11.8 Å². The molecule has 0 aliphatic carbocycles. The van der Waals surface area contributed by atoms with Crippen molar-refractivity contribution in [3.63, 3.8) is 0 Å². The van der Waals surface area contributed by atoms with Crippen LogP contribution in [-0.4, -0.2) is 145 Å². The Kier molecular flexibility index (Phi) is 31.8. The van der Waals surface area contributed by atoms with Crippen LogP contribution in [0.4, 0.5) is 38.1 Å². The number of amides is 9. The molecule has 12 rings (SSSR count). The summed E-state index contributed by atoms with van der Waals surface area (Å²) >= 11 is 8.81. The van der Waals surface area contributed by atoms with Gasteiger partial charge in [0.25, 0.3) is 23.6 Å². The van der Waals surface area contributed by atoms with E-state index < -0.39 is 0 Å². The van der Waals surface area contributed by atoms with Crippen molar-refractivity contribution in [2.45, 2.75) is 134 Å². The topological polar surface area (TPSA) is 364 Å². The minimum atomic E-state index is -0.351. The second-order valence-electron chi connectivity index (χ2n) is 30.8. The molecule has 2 atom stereocenters. The van der Waals surface area contributed by atoms with Crippen LogP contribution in [0.5, 0.6) is 0 Å². The Morgan fingerprint density at radius 1 is 0.454 bits per heavy atom. The monoisotopic (exact) mass is 1720 g/mol. The van der Waals surface area contributed by atoms with Gasteiger partial charge in [0, 0.05) is 100 Å². The first-order valence-corrected chi connectivity index (χ1v) is 43.4. The number of likely N-dealkylation sites (N-methyl/N-ethyl adjacent to an activating group) is 1. The number of carbonyl (C=O) groups is 9. The van der Waals surface area contributed by atoms with E-state index in [0.29, 0.717) is 141 Å². The first-order valence-electron chi connectivity index (χ1n) is 38.0. The van der Waals surface area contributed by atoms with Crippen molar-refractivity contribution in [1.29, 1.82) is 0 Å². The highest BCUT2D eigenvalue weighted by Gasteiger charge is 2.32. The van der Waals surface area contributed by atoms with Gasteiger partial charge in [-0.25, -0.2) is 29.9 Å². The number of rotatable bonds is 27. The summed E-state index contributed by atoms with van der Waals surface area (Å²) in [6.07, 6.45) is 19.0. The van der Waals surface area contributed by atoms with E-state index in [2.05, 4.69) is 143 Å². The van der Waals surface area contributed by atoms with Gasteiger partial charge in [-0.15, -0.1) is 35.3 Å². The molecule has 624 valence electrons. The predicted molar refractivity (Wildman–Crippen MR) is 471 cm³/mol. The first kappa shape index (κ1) is 90.2. The fourth-order valence-corrected chi connectivity index (χ4v) is 16.6. The lowest BCUT2D eigenvalue weighted by atomic mass is 9.94. The van der Waals surface area contributed by atoms with Gasteiger partial charge < -0.3 is 59.9 Å². The van der Waals surface area contributed by atoms with Crippen LogP contribution in [0.1, 0.15) is 164 Å². The van der Waals surface area contributed by atoms with Crippen molar-refractivity contribution in [1.82, 2.24) is 44.6 Å². The molecule has 0 saturated carbocycles. The zero-order chi connectivity index (χ0) is 85.6. The highest BCUT2D eigenvalue weighted by atomic mass is 32.2. The summed E-state index contributed by atoms with van der Waals surface area (Å²) in [6.45, 7) is 28.0. The zero-order valence-electron chi connectivity index (χ0n) is 67.9. The van der Waals surface area contributed by atoms with Crippen LogP contribution in [0.3, 0.4) is 0 Å². The van der Waals surface area contributed by atoms with Gasteiger partial charge in [0.05, 0.1) is 78.9 Å². The van der Waals surface area contributed by atoms with Crippen molar-refractivity contribution >= 4 is 161 Å². The molecule has 28 nitrogen and oxygen atoms in total. The van der Waals surface area contributed by atoms with Gasteiger partial charge in [-0.05, 0) is 143 Å². The van der Waals surface area contributed by atoms with E-state index in [1.54, 1.807) is 174 Å². The zero-order valence-corrected chi connectivity index (χ0v) is 72.8. The van der Waals surface area contributed by atoms with Crippen LogP contribution in [0.2, 0.25) is 0 Å². The van der Waals surface area contributed by atoms with Gasteiger partial charge in [-0.3, -0.25) is 48.5 Å². The Labute approximate surface area is 715 Å². The van der Waals surface area contributed by atoms with Crippen LogP contribution in [-0.2, 0) is 57.5 Å². The minimum Gasteiger partial charge on any atom is -0.444 e. The molecule has 2 aliphatic rings. The van der Waals surface area contributed by atoms with Gasteiger partial charge in [-0.2, -0.15) is 0 Å². The molecule has 0 spiro atoms. The molecular formula is C85H96N16O12S6. The molecule has 8 heterocycles. The molecule has 0 radical (unpaired) electrons. The Bertz CT molecular complexity index is 5240. The average molecular weight is 1730 g/mol. The summed E-state index contributed by atoms with van der Waals surface area (Å²) in [6, 6.07) is 26.5. The lowest BCUT2D eigenvalue weighted by Gasteiger charge is -2.32. The number of benzene rings is 4. The second-order valence-corrected chi connectivity index (χ2v) is 37.8. The lowest BCUT2D eigenvalue weighted by Crippen LogP contribution is -2.43. The Balaban J connectivity index is 0.000000188. The standard InChI is InChI=1S/C30H38N6O4S2.C28H27N5O4S2.C27H31N5O4S2/c1-30(2,3)23-16-31-25(40-23)19-41-26-17-32-29(42-26)34-27(38)21-8-6-15-36(18-21)28(39)20-10-12-22(13-11-20)33-24(37)9-7-14-35(4)5;1-5-22(34)31-19-11-9-17(10-12-19)25(35)32-20-8-6-7-18(13-20)26(36)33-27-30-15-24(39-27)38-16-23-29-14-21(37-23)28(2,3)4;1-5-21(33)30-19-10-8-17(9-11-19)25(35)32-12-6-7-18(15-32)24(34)31-26-29-14-23(38-26)37-16-22-28-13-20(36-22)27(2,3)4/h7,9-13,16-17,21H,6,8,14-15,18-19H2,1-5H3,(H,33,37)(H,32,34,38);5-15H,1,16H2,2-4H3,(H,31,34)(H,32,35)(H,30,33,36);5,8-11,13-14,18H,1,6-7,12,15-16H2,2-4H3,(H,30,33)(H,29,31,34)/b9-7+;;. The fourth-order valence-electron chi connectivity index (χ4n) is 11.4. The highest BCUT2D eigenvalue weighted by Crippen LogP contribution is 2.37. The third-order valence-electron chi connectivity index (χ3n) is 17.9. The number of aromatic nitrogens is 6. The summed E-state index contributed by atoms with van der Waals surface area (Å²) in [4.78, 5) is 144. The van der Waals surface area contributed by atoms with E-state index in [9.17, 15) is 43.2 Å². The van der Waals surface area contributed by atoms with Crippen molar-refractivity contribution in [2.24, 2.45) is 11.8 Å². The number of anilines is 7. The van der Waals surface area contributed by atoms with Crippen LogP contribution in [0.25, 0.3) is 0 Å². The van der Waals surface area contributed by atoms with Gasteiger partial charge in [0.1, 0.15) is 17.3 Å². The van der Waals surface area contributed by atoms with E-state index in [1.807, 2.05) is 19.0 Å². The van der Waals surface area contributed by atoms with Crippen molar-refractivity contribution in [3.8, 4) is 0 Å². The molecule has 4 aromatic carbocycles. The number of oxazole rings is 3. The smallest absolute Gasteiger partial charge is 0.257 e. The average Bonchev–Trinajstić information content (AvgIpc) is 1.30. The molecule has 2 aliphatic heterocycles. The Hall–Kier alpha value is -11.1. The second kappa shape index (κ2) is 42.0. The quantitative estimate of drug-likeness (QED) is 0.0186. The normalized spacial score (nSPS) is 14.2. The third kappa shape index (κ3) is 27.7. The van der Waals surface area contributed by atoms with Gasteiger partial charge in [-0.1, -0.05) is 122 Å². The summed E-state index contributed by atoms with van der Waals surface area (Å²) in [5, 5.41) is 21.0. The molecule has 6 aromatic heterocycles. The van der Waals surface area contributed by atoms with E-state index in [0.717, 1.165) is 42.7 Å². The number of likely N-dealkylation sites (tertiary alicyclic amines) is 2. The molecule has 10 aromatic rings. The molecule has 119 heavy (non-hydrogen) atoms. The highest BCUT2D eigenvalue weighted by molar-refractivity contribution is 8.01. The first-order chi connectivity index (χ1) is 56.7. The third-order valence-corrected chi connectivity index (χ3v) is 24.2.